The molecule has 0 bridgehead atoms. The van der Waals surface area contributed by atoms with Crippen molar-refractivity contribution in [3.63, 3.8) is 0 Å². The van der Waals surface area contributed by atoms with Crippen LogP contribution in [-0.4, -0.2) is 32.9 Å². The number of hydrogen-bond donors (Lipinski definition) is 0. The lowest BCUT2D eigenvalue weighted by atomic mass is 10.2. The van der Waals surface area contributed by atoms with Crippen LogP contribution in [0.5, 0.6) is 0 Å². The minimum atomic E-state index is -0.690. The molecule has 7 nitrogen and oxygen atoms in total. The fourth-order valence-electron chi connectivity index (χ4n) is 1.53. The van der Waals surface area contributed by atoms with Crippen LogP contribution in [0, 0.1) is 11.3 Å². The Morgan fingerprint density at radius 1 is 1.14 bits per heavy atom. The van der Waals surface area contributed by atoms with Crippen molar-refractivity contribution in [1.82, 2.24) is 9.78 Å². The second-order valence-corrected chi connectivity index (χ2v) is 6.73. The third kappa shape index (κ3) is 5.20. The third-order valence-electron chi connectivity index (χ3n) is 2.22. The van der Waals surface area contributed by atoms with E-state index < -0.39 is 23.1 Å². The molecule has 0 radical (unpaired) electrons. The van der Waals surface area contributed by atoms with E-state index in [0.29, 0.717) is 0 Å². The van der Waals surface area contributed by atoms with Gasteiger partial charge in [-0.05, 0) is 41.5 Å². The maximum Gasteiger partial charge on any atom is 0.359 e. The summed E-state index contributed by atoms with van der Waals surface area (Å²) in [5, 5.41) is 12.8. The molecule has 0 aromatic carbocycles. The minimum absolute atomic E-state index is 0.0361. The molecule has 0 fully saturated rings. The lowest BCUT2D eigenvalue weighted by molar-refractivity contribution is 0.00482. The summed E-state index contributed by atoms with van der Waals surface area (Å²) < 4.78 is 11.6. The van der Waals surface area contributed by atoms with E-state index in [9.17, 15) is 9.59 Å². The second kappa shape index (κ2) is 6.18. The molecule has 0 aliphatic carbocycles. The van der Waals surface area contributed by atoms with Crippen LogP contribution in [0.1, 0.15) is 62.5 Å². The fourth-order valence-corrected chi connectivity index (χ4v) is 1.53. The highest BCUT2D eigenvalue weighted by Crippen LogP contribution is 2.16. The van der Waals surface area contributed by atoms with Gasteiger partial charge in [0.05, 0.1) is 6.07 Å². The summed E-state index contributed by atoms with van der Waals surface area (Å²) in [6.07, 6.45) is 0. The highest BCUT2D eigenvalue weighted by Gasteiger charge is 2.26. The molecule has 22 heavy (non-hydrogen) atoms. The fraction of sp³-hybridized carbons (Fsp3) is 0.600. The van der Waals surface area contributed by atoms with E-state index in [1.165, 1.54) is 6.07 Å². The van der Waals surface area contributed by atoms with Crippen LogP contribution >= 0.6 is 0 Å². The van der Waals surface area contributed by atoms with Gasteiger partial charge < -0.3 is 9.47 Å². The number of aromatic nitrogens is 2. The molecule has 0 spiro atoms. The number of hydrogen-bond acceptors (Lipinski definition) is 6. The summed E-state index contributed by atoms with van der Waals surface area (Å²) in [6, 6.07) is 3.16. The predicted octanol–water partition coefficient (Wildman–Crippen LogP) is 2.32. The van der Waals surface area contributed by atoms with Crippen molar-refractivity contribution in [2.75, 3.05) is 0 Å². The van der Waals surface area contributed by atoms with Gasteiger partial charge in [-0.2, -0.15) is 10.4 Å². The van der Waals surface area contributed by atoms with Gasteiger partial charge in [0.1, 0.15) is 23.4 Å². The molecule has 1 heterocycles. The van der Waals surface area contributed by atoms with Crippen molar-refractivity contribution in [2.45, 2.75) is 59.3 Å². The number of esters is 2. The van der Waals surface area contributed by atoms with E-state index >= 15 is 0 Å². The van der Waals surface area contributed by atoms with Crippen molar-refractivity contribution in [2.24, 2.45) is 0 Å². The Balaban J connectivity index is 3.10. The Labute approximate surface area is 129 Å². The van der Waals surface area contributed by atoms with Crippen LogP contribution < -0.4 is 0 Å². The number of carbonyl (C=O) groups excluding carboxylic acids is 2. The maximum absolute atomic E-state index is 12.1. The molecule has 120 valence electrons. The number of rotatable bonds is 3. The van der Waals surface area contributed by atoms with Crippen LogP contribution in [0.15, 0.2) is 6.07 Å². The lowest BCUT2D eigenvalue weighted by Crippen LogP contribution is -2.25. The van der Waals surface area contributed by atoms with Crippen molar-refractivity contribution in [3.05, 3.63) is 17.5 Å². The van der Waals surface area contributed by atoms with Gasteiger partial charge in [-0.25, -0.2) is 14.3 Å². The molecule has 0 unspecified atom stereocenters. The molecule has 0 aliphatic rings. The topological polar surface area (TPSA) is 94.2 Å². The van der Waals surface area contributed by atoms with E-state index in [4.69, 9.17) is 14.7 Å². The molecule has 0 amide bonds. The van der Waals surface area contributed by atoms with Gasteiger partial charge in [0, 0.05) is 6.07 Å². The Hall–Kier alpha value is -2.36. The highest BCUT2D eigenvalue weighted by molar-refractivity contribution is 5.93. The predicted molar refractivity (Wildman–Crippen MR) is 78.2 cm³/mol. The van der Waals surface area contributed by atoms with Crippen LogP contribution in [0.25, 0.3) is 0 Å². The number of carbonyl (C=O) groups is 2. The van der Waals surface area contributed by atoms with Crippen LogP contribution in [0.3, 0.4) is 0 Å². The minimum Gasteiger partial charge on any atom is -0.455 e. The van der Waals surface area contributed by atoms with Gasteiger partial charge in [-0.15, -0.1) is 0 Å². The Bertz CT molecular complexity index is 612. The monoisotopic (exact) mass is 307 g/mol. The number of nitrogens with zero attached hydrogens (tertiary/aromatic N) is 3. The largest absolute Gasteiger partial charge is 0.455 e. The van der Waals surface area contributed by atoms with Crippen LogP contribution in [0.4, 0.5) is 0 Å². The summed E-state index contributed by atoms with van der Waals surface area (Å²) in [7, 11) is 0. The summed E-state index contributed by atoms with van der Waals surface area (Å²) >= 11 is 0. The quantitative estimate of drug-likeness (QED) is 0.795. The standard InChI is InChI=1S/C15H21N3O4/c1-14(2,3)21-12(19)10-9-11(18(17-10)8-7-16)13(20)22-15(4,5)6/h9H,8H2,1-6H3. The SMILES string of the molecule is CC(C)(C)OC(=O)c1cc(C(=O)OC(C)(C)C)n(CC#N)n1. The summed E-state index contributed by atoms with van der Waals surface area (Å²) in [5.74, 6) is -1.31. The third-order valence-corrected chi connectivity index (χ3v) is 2.22. The molecule has 7 heteroatoms. The zero-order valence-corrected chi connectivity index (χ0v) is 13.8. The van der Waals surface area contributed by atoms with Crippen LogP contribution in [0.2, 0.25) is 0 Å². The van der Waals surface area contributed by atoms with Crippen molar-refractivity contribution < 1.29 is 19.1 Å². The molecule has 1 rings (SSSR count). The van der Waals surface area contributed by atoms with E-state index in [1.807, 2.05) is 6.07 Å². The molecule has 1 aromatic rings. The zero-order valence-electron chi connectivity index (χ0n) is 13.8. The van der Waals surface area contributed by atoms with Crippen molar-refractivity contribution >= 4 is 11.9 Å². The van der Waals surface area contributed by atoms with Gasteiger partial charge in [0.15, 0.2) is 5.69 Å². The lowest BCUT2D eigenvalue weighted by Gasteiger charge is -2.19. The Morgan fingerprint density at radius 3 is 2.09 bits per heavy atom. The summed E-state index contributed by atoms with van der Waals surface area (Å²) in [5.41, 5.74) is -1.36. The highest BCUT2D eigenvalue weighted by atomic mass is 16.6. The molecule has 0 saturated heterocycles. The van der Waals surface area contributed by atoms with Gasteiger partial charge in [0.2, 0.25) is 0 Å². The normalized spacial score (nSPS) is 11.7. The van der Waals surface area contributed by atoms with Gasteiger partial charge in [-0.3, -0.25) is 0 Å². The summed E-state index contributed by atoms with van der Waals surface area (Å²) in [6.45, 7) is 10.2. The molecule has 0 saturated carbocycles. The zero-order chi connectivity index (χ0) is 17.1. The van der Waals surface area contributed by atoms with Crippen molar-refractivity contribution in [1.29, 1.82) is 5.26 Å². The summed E-state index contributed by atoms with van der Waals surface area (Å²) in [4.78, 5) is 24.1. The smallest absolute Gasteiger partial charge is 0.359 e. The van der Waals surface area contributed by atoms with E-state index in [2.05, 4.69) is 5.10 Å². The van der Waals surface area contributed by atoms with Gasteiger partial charge in [-0.1, -0.05) is 0 Å². The average molecular weight is 307 g/mol. The van der Waals surface area contributed by atoms with Gasteiger partial charge in [0.25, 0.3) is 0 Å². The maximum atomic E-state index is 12.1. The molecular weight excluding hydrogens is 286 g/mol. The first kappa shape index (κ1) is 17.7. The van der Waals surface area contributed by atoms with E-state index in [0.717, 1.165) is 4.68 Å². The van der Waals surface area contributed by atoms with E-state index in [1.54, 1.807) is 41.5 Å². The average Bonchev–Trinajstić information content (AvgIpc) is 2.69. The van der Waals surface area contributed by atoms with Crippen molar-refractivity contribution in [3.8, 4) is 6.07 Å². The Morgan fingerprint density at radius 2 is 1.64 bits per heavy atom. The molecule has 0 atom stereocenters. The molecule has 1 aromatic heterocycles. The first-order valence-corrected chi connectivity index (χ1v) is 6.84. The first-order valence-electron chi connectivity index (χ1n) is 6.84. The molecule has 0 N–H and O–H groups in total. The van der Waals surface area contributed by atoms with Crippen LogP contribution in [-0.2, 0) is 16.0 Å². The second-order valence-electron chi connectivity index (χ2n) is 6.73. The number of nitriles is 1. The Kier molecular flexibility index (Phi) is 4.97. The first-order chi connectivity index (χ1) is 9.93. The molecular formula is C15H21N3O4. The molecule has 0 aliphatic heterocycles. The number of ether oxygens (including phenoxy) is 2. The van der Waals surface area contributed by atoms with Gasteiger partial charge >= 0.3 is 11.9 Å². The van der Waals surface area contributed by atoms with E-state index in [-0.39, 0.29) is 17.9 Å².